The van der Waals surface area contributed by atoms with Gasteiger partial charge < -0.3 is 4.74 Å². The second-order valence-corrected chi connectivity index (χ2v) is 7.87. The van der Waals surface area contributed by atoms with E-state index in [0.717, 1.165) is 33.7 Å². The predicted molar refractivity (Wildman–Crippen MR) is 119 cm³/mol. The number of aryl methyl sites for hydroxylation is 2. The van der Waals surface area contributed by atoms with E-state index in [0.29, 0.717) is 0 Å². The molecule has 0 radical (unpaired) electrons. The number of aromatic nitrogens is 3. The Bertz CT molecular complexity index is 1100. The third-order valence-corrected chi connectivity index (χ3v) is 5.84. The molecule has 0 spiro atoms. The van der Waals surface area contributed by atoms with Crippen LogP contribution in [0.2, 0.25) is 0 Å². The van der Waals surface area contributed by atoms with Crippen LogP contribution in [0, 0.1) is 13.8 Å². The third kappa shape index (κ3) is 4.20. The van der Waals surface area contributed by atoms with Crippen LogP contribution in [-0.2, 0) is 5.75 Å². The van der Waals surface area contributed by atoms with Gasteiger partial charge in [-0.15, -0.1) is 10.2 Å². The maximum atomic E-state index is 5.32. The van der Waals surface area contributed by atoms with Crippen molar-refractivity contribution in [2.24, 2.45) is 0 Å². The molecular formula is C24H23N3OS. The molecule has 146 valence electrons. The van der Waals surface area contributed by atoms with Gasteiger partial charge in [0.05, 0.1) is 7.11 Å². The standard InChI is InChI=1S/C24H23N3OS/c1-17-9-10-18(2)20(15-17)16-29-24-26-25-23(19-7-5-4-6-8-19)27(24)21-11-13-22(28-3)14-12-21/h4-15H,16H2,1-3H3. The van der Waals surface area contributed by atoms with Crippen LogP contribution in [0.25, 0.3) is 17.1 Å². The van der Waals surface area contributed by atoms with E-state index < -0.39 is 0 Å². The lowest BCUT2D eigenvalue weighted by Crippen LogP contribution is -2.00. The summed E-state index contributed by atoms with van der Waals surface area (Å²) in [6.07, 6.45) is 0. The molecule has 0 bridgehead atoms. The Labute approximate surface area is 175 Å². The van der Waals surface area contributed by atoms with Crippen molar-refractivity contribution in [3.8, 4) is 22.8 Å². The Morgan fingerprint density at radius 3 is 2.38 bits per heavy atom. The number of thioether (sulfide) groups is 1. The molecule has 0 aliphatic rings. The third-order valence-electron chi connectivity index (χ3n) is 4.86. The molecule has 3 aromatic carbocycles. The van der Waals surface area contributed by atoms with Crippen molar-refractivity contribution < 1.29 is 4.74 Å². The highest BCUT2D eigenvalue weighted by Gasteiger charge is 2.16. The molecule has 1 aromatic heterocycles. The normalized spacial score (nSPS) is 10.9. The van der Waals surface area contributed by atoms with Crippen molar-refractivity contribution in [2.75, 3.05) is 7.11 Å². The summed E-state index contributed by atoms with van der Waals surface area (Å²) in [5.74, 6) is 2.50. The highest BCUT2D eigenvalue weighted by atomic mass is 32.2. The molecule has 0 saturated heterocycles. The first-order chi connectivity index (χ1) is 14.2. The maximum absolute atomic E-state index is 5.32. The fourth-order valence-electron chi connectivity index (χ4n) is 3.20. The van der Waals surface area contributed by atoms with Crippen molar-refractivity contribution in [1.82, 2.24) is 14.8 Å². The zero-order chi connectivity index (χ0) is 20.2. The topological polar surface area (TPSA) is 39.9 Å². The van der Waals surface area contributed by atoms with E-state index in [1.807, 2.05) is 42.5 Å². The summed E-state index contributed by atoms with van der Waals surface area (Å²) < 4.78 is 7.43. The molecule has 0 atom stereocenters. The number of hydrogen-bond acceptors (Lipinski definition) is 4. The molecule has 0 saturated carbocycles. The first-order valence-corrected chi connectivity index (χ1v) is 10.5. The van der Waals surface area contributed by atoms with Crippen LogP contribution >= 0.6 is 11.8 Å². The Morgan fingerprint density at radius 2 is 1.66 bits per heavy atom. The van der Waals surface area contributed by atoms with Crippen LogP contribution < -0.4 is 4.74 Å². The summed E-state index contributed by atoms with van der Waals surface area (Å²) >= 11 is 1.70. The summed E-state index contributed by atoms with van der Waals surface area (Å²) in [7, 11) is 1.68. The molecular weight excluding hydrogens is 378 g/mol. The Hall–Kier alpha value is -3.05. The van der Waals surface area contributed by atoms with Gasteiger partial charge in [0.25, 0.3) is 0 Å². The molecule has 29 heavy (non-hydrogen) atoms. The molecule has 0 aliphatic carbocycles. The van der Waals surface area contributed by atoms with E-state index in [1.54, 1.807) is 18.9 Å². The summed E-state index contributed by atoms with van der Waals surface area (Å²) in [5, 5.41) is 9.91. The maximum Gasteiger partial charge on any atom is 0.196 e. The molecule has 0 amide bonds. The zero-order valence-corrected chi connectivity index (χ0v) is 17.6. The minimum atomic E-state index is 0.827. The van der Waals surface area contributed by atoms with E-state index in [2.05, 4.69) is 58.9 Å². The van der Waals surface area contributed by atoms with E-state index in [4.69, 9.17) is 4.74 Å². The summed E-state index contributed by atoms with van der Waals surface area (Å²) in [6, 6.07) is 24.7. The minimum absolute atomic E-state index is 0.827. The van der Waals surface area contributed by atoms with E-state index in [9.17, 15) is 0 Å². The van der Waals surface area contributed by atoms with E-state index >= 15 is 0 Å². The van der Waals surface area contributed by atoms with Gasteiger partial charge in [-0.05, 0) is 49.2 Å². The fourth-order valence-corrected chi connectivity index (χ4v) is 4.21. The van der Waals surface area contributed by atoms with Gasteiger partial charge >= 0.3 is 0 Å². The van der Waals surface area contributed by atoms with Crippen LogP contribution in [0.15, 0.2) is 78.0 Å². The van der Waals surface area contributed by atoms with Crippen LogP contribution in [0.3, 0.4) is 0 Å². The van der Waals surface area contributed by atoms with Gasteiger partial charge in [0.2, 0.25) is 0 Å². The number of nitrogens with zero attached hydrogens (tertiary/aromatic N) is 3. The Balaban J connectivity index is 1.73. The second-order valence-electron chi connectivity index (χ2n) is 6.92. The van der Waals surface area contributed by atoms with Crippen molar-refractivity contribution >= 4 is 11.8 Å². The van der Waals surface area contributed by atoms with Gasteiger partial charge in [-0.1, -0.05) is 65.9 Å². The number of rotatable bonds is 6. The van der Waals surface area contributed by atoms with Gasteiger partial charge in [0, 0.05) is 17.0 Å². The lowest BCUT2D eigenvalue weighted by molar-refractivity contribution is 0.414. The van der Waals surface area contributed by atoms with Crippen molar-refractivity contribution in [1.29, 1.82) is 0 Å². The van der Waals surface area contributed by atoms with Gasteiger partial charge in [0.1, 0.15) is 5.75 Å². The Kier molecular flexibility index (Phi) is 5.67. The van der Waals surface area contributed by atoms with Crippen LogP contribution in [-0.4, -0.2) is 21.9 Å². The average Bonchev–Trinajstić information content (AvgIpc) is 3.19. The number of benzene rings is 3. The van der Waals surface area contributed by atoms with Crippen molar-refractivity contribution in [3.05, 3.63) is 89.5 Å². The SMILES string of the molecule is COc1ccc(-n2c(SCc3cc(C)ccc3C)nnc2-c2ccccc2)cc1. The summed E-state index contributed by atoms with van der Waals surface area (Å²) in [6.45, 7) is 4.28. The number of methoxy groups -OCH3 is 1. The lowest BCUT2D eigenvalue weighted by atomic mass is 10.1. The molecule has 1 heterocycles. The first-order valence-electron chi connectivity index (χ1n) is 9.50. The van der Waals surface area contributed by atoms with E-state index in [-0.39, 0.29) is 0 Å². The average molecular weight is 402 g/mol. The smallest absolute Gasteiger partial charge is 0.196 e. The summed E-state index contributed by atoms with van der Waals surface area (Å²) in [4.78, 5) is 0. The molecule has 0 N–H and O–H groups in total. The quantitative estimate of drug-likeness (QED) is 0.380. The molecule has 4 nitrogen and oxygen atoms in total. The molecule has 4 aromatic rings. The van der Waals surface area contributed by atoms with Gasteiger partial charge in [0.15, 0.2) is 11.0 Å². The molecule has 4 rings (SSSR count). The lowest BCUT2D eigenvalue weighted by Gasteiger charge is -2.12. The van der Waals surface area contributed by atoms with Gasteiger partial charge in [-0.3, -0.25) is 4.57 Å². The largest absolute Gasteiger partial charge is 0.497 e. The second kappa shape index (κ2) is 8.53. The molecule has 5 heteroatoms. The van der Waals surface area contributed by atoms with Gasteiger partial charge in [-0.25, -0.2) is 0 Å². The van der Waals surface area contributed by atoms with Crippen LogP contribution in [0.1, 0.15) is 16.7 Å². The Morgan fingerprint density at radius 1 is 0.897 bits per heavy atom. The van der Waals surface area contributed by atoms with Crippen LogP contribution in [0.5, 0.6) is 5.75 Å². The number of hydrogen-bond donors (Lipinski definition) is 0. The van der Waals surface area contributed by atoms with Crippen molar-refractivity contribution in [3.63, 3.8) is 0 Å². The summed E-state index contributed by atoms with van der Waals surface area (Å²) in [5.41, 5.74) is 5.93. The monoisotopic (exact) mass is 401 g/mol. The van der Waals surface area contributed by atoms with E-state index in [1.165, 1.54) is 16.7 Å². The highest BCUT2D eigenvalue weighted by molar-refractivity contribution is 7.98. The first kappa shape index (κ1) is 19.3. The van der Waals surface area contributed by atoms with Crippen molar-refractivity contribution in [2.45, 2.75) is 24.8 Å². The highest BCUT2D eigenvalue weighted by Crippen LogP contribution is 2.31. The molecule has 0 fully saturated rings. The zero-order valence-electron chi connectivity index (χ0n) is 16.8. The fraction of sp³-hybridized carbons (Fsp3) is 0.167. The minimum Gasteiger partial charge on any atom is -0.497 e. The van der Waals surface area contributed by atoms with Crippen LogP contribution in [0.4, 0.5) is 0 Å². The molecule has 0 unspecified atom stereocenters. The van der Waals surface area contributed by atoms with Gasteiger partial charge in [-0.2, -0.15) is 0 Å². The predicted octanol–water partition coefficient (Wildman–Crippen LogP) is 5.85. The molecule has 0 aliphatic heterocycles. The number of ether oxygens (including phenoxy) is 1.